The molecular formula is C13H18BrFN2O2S. The highest BCUT2D eigenvalue weighted by molar-refractivity contribution is 9.10. The van der Waals surface area contributed by atoms with Crippen LogP contribution in [-0.4, -0.2) is 39.4 Å². The van der Waals surface area contributed by atoms with Crippen LogP contribution in [0, 0.1) is 11.7 Å². The second-order valence-electron chi connectivity index (χ2n) is 4.98. The monoisotopic (exact) mass is 364 g/mol. The van der Waals surface area contributed by atoms with Gasteiger partial charge in [-0.05, 0) is 60.4 Å². The Morgan fingerprint density at radius 2 is 2.25 bits per heavy atom. The molecule has 1 unspecified atom stereocenters. The summed E-state index contributed by atoms with van der Waals surface area (Å²) in [4.78, 5) is -0.253. The number of rotatable bonds is 4. The Labute approximate surface area is 127 Å². The third kappa shape index (κ3) is 3.21. The summed E-state index contributed by atoms with van der Waals surface area (Å²) in [6.07, 6.45) is 1.80. The molecule has 0 amide bonds. The molecule has 1 fully saturated rings. The highest BCUT2D eigenvalue weighted by Crippen LogP contribution is 2.28. The fourth-order valence-electron chi connectivity index (χ4n) is 2.52. The van der Waals surface area contributed by atoms with E-state index in [0.717, 1.165) is 19.4 Å². The molecule has 1 heterocycles. The van der Waals surface area contributed by atoms with Gasteiger partial charge in [-0.2, -0.15) is 4.31 Å². The molecule has 1 N–H and O–H groups in total. The van der Waals surface area contributed by atoms with Gasteiger partial charge in [0.25, 0.3) is 0 Å². The van der Waals surface area contributed by atoms with Crippen LogP contribution >= 0.6 is 15.9 Å². The van der Waals surface area contributed by atoms with Crippen molar-refractivity contribution in [1.29, 1.82) is 0 Å². The minimum atomic E-state index is -3.77. The van der Waals surface area contributed by atoms with Crippen LogP contribution in [0.3, 0.4) is 0 Å². The van der Waals surface area contributed by atoms with Crippen molar-refractivity contribution in [3.05, 3.63) is 28.5 Å². The van der Waals surface area contributed by atoms with E-state index >= 15 is 0 Å². The number of piperidine rings is 1. The molecule has 4 nitrogen and oxygen atoms in total. The molecule has 0 saturated carbocycles. The summed E-state index contributed by atoms with van der Waals surface area (Å²) in [7, 11) is -1.92. The number of halogens is 2. The van der Waals surface area contributed by atoms with Gasteiger partial charge >= 0.3 is 0 Å². The molecule has 20 heavy (non-hydrogen) atoms. The molecule has 112 valence electrons. The fraction of sp³-hybridized carbons (Fsp3) is 0.538. The summed E-state index contributed by atoms with van der Waals surface area (Å²) < 4.78 is 40.7. The summed E-state index contributed by atoms with van der Waals surface area (Å²) >= 11 is 3.03. The Kier molecular flexibility index (Phi) is 5.17. The Bertz CT molecular complexity index is 578. The molecule has 1 aliphatic heterocycles. The van der Waals surface area contributed by atoms with Crippen molar-refractivity contribution in [1.82, 2.24) is 9.62 Å². The largest absolute Gasteiger partial charge is 0.319 e. The summed E-state index contributed by atoms with van der Waals surface area (Å²) in [6.45, 7) is 1.66. The van der Waals surface area contributed by atoms with Crippen LogP contribution in [0.1, 0.15) is 12.8 Å². The van der Waals surface area contributed by atoms with E-state index in [-0.39, 0.29) is 15.3 Å². The maximum absolute atomic E-state index is 14.0. The van der Waals surface area contributed by atoms with E-state index < -0.39 is 15.8 Å². The molecule has 1 atom stereocenters. The Hall–Kier alpha value is -0.500. The number of nitrogens with one attached hydrogen (secondary N) is 1. The van der Waals surface area contributed by atoms with Crippen molar-refractivity contribution in [2.45, 2.75) is 17.7 Å². The van der Waals surface area contributed by atoms with E-state index in [1.807, 2.05) is 7.05 Å². The lowest BCUT2D eigenvalue weighted by molar-refractivity contribution is 0.262. The molecule has 0 spiro atoms. The van der Waals surface area contributed by atoms with E-state index in [9.17, 15) is 12.8 Å². The first-order valence-electron chi connectivity index (χ1n) is 6.55. The van der Waals surface area contributed by atoms with Gasteiger partial charge in [-0.25, -0.2) is 12.8 Å². The standard InChI is InChI=1S/C13H18BrFN2O2S/c1-16-8-10-4-3-7-17(9-10)20(18,19)12-6-2-5-11(14)13(12)15/h2,5-6,10,16H,3-4,7-9H2,1H3. The van der Waals surface area contributed by atoms with Gasteiger partial charge < -0.3 is 5.32 Å². The SMILES string of the molecule is CNCC1CCCN(S(=O)(=O)c2cccc(Br)c2F)C1. The van der Waals surface area contributed by atoms with E-state index in [1.54, 1.807) is 0 Å². The van der Waals surface area contributed by atoms with Crippen LogP contribution in [0.25, 0.3) is 0 Å². The number of benzene rings is 1. The zero-order valence-electron chi connectivity index (χ0n) is 11.3. The van der Waals surface area contributed by atoms with E-state index in [2.05, 4.69) is 21.2 Å². The smallest absolute Gasteiger partial charge is 0.246 e. The van der Waals surface area contributed by atoms with Crippen molar-refractivity contribution in [3.8, 4) is 0 Å². The average molecular weight is 365 g/mol. The minimum Gasteiger partial charge on any atom is -0.319 e. The van der Waals surface area contributed by atoms with Gasteiger partial charge in [-0.1, -0.05) is 6.07 Å². The lowest BCUT2D eigenvalue weighted by Gasteiger charge is -2.32. The fourth-order valence-corrected chi connectivity index (χ4v) is 4.66. The first-order valence-corrected chi connectivity index (χ1v) is 8.79. The van der Waals surface area contributed by atoms with Gasteiger partial charge in [0.15, 0.2) is 5.82 Å². The number of hydrogen-bond acceptors (Lipinski definition) is 3. The van der Waals surface area contributed by atoms with Crippen molar-refractivity contribution in [3.63, 3.8) is 0 Å². The average Bonchev–Trinajstić information content (AvgIpc) is 2.42. The first-order chi connectivity index (χ1) is 9.46. The van der Waals surface area contributed by atoms with Gasteiger partial charge in [0.2, 0.25) is 10.0 Å². The first kappa shape index (κ1) is 15.9. The van der Waals surface area contributed by atoms with Crippen LogP contribution in [0.15, 0.2) is 27.6 Å². The third-order valence-electron chi connectivity index (χ3n) is 3.51. The molecule has 7 heteroatoms. The van der Waals surface area contributed by atoms with Gasteiger partial charge in [0.1, 0.15) is 4.90 Å². The maximum atomic E-state index is 14.0. The van der Waals surface area contributed by atoms with Crippen LogP contribution < -0.4 is 5.32 Å². The van der Waals surface area contributed by atoms with E-state index in [1.165, 1.54) is 22.5 Å². The van der Waals surface area contributed by atoms with Crippen molar-refractivity contribution >= 4 is 26.0 Å². The van der Waals surface area contributed by atoms with Crippen molar-refractivity contribution in [2.75, 3.05) is 26.7 Å². The molecule has 1 saturated heterocycles. The van der Waals surface area contributed by atoms with Crippen LogP contribution in [0.5, 0.6) is 0 Å². The molecule has 0 radical (unpaired) electrons. The van der Waals surface area contributed by atoms with Gasteiger partial charge in [0.05, 0.1) is 4.47 Å². The number of nitrogens with zero attached hydrogens (tertiary/aromatic N) is 1. The second-order valence-corrected chi connectivity index (χ2v) is 7.74. The van der Waals surface area contributed by atoms with Gasteiger partial charge in [-0.15, -0.1) is 0 Å². The predicted octanol–water partition coefficient (Wildman–Crippen LogP) is 2.21. The van der Waals surface area contributed by atoms with Crippen LogP contribution in [0.4, 0.5) is 4.39 Å². The summed E-state index contributed by atoms with van der Waals surface area (Å²) in [5.74, 6) is -0.443. The summed E-state index contributed by atoms with van der Waals surface area (Å²) in [5.41, 5.74) is 0. The van der Waals surface area contributed by atoms with Gasteiger partial charge in [-0.3, -0.25) is 0 Å². The topological polar surface area (TPSA) is 49.4 Å². The molecule has 2 rings (SSSR count). The van der Waals surface area contributed by atoms with E-state index in [0.29, 0.717) is 13.1 Å². The lowest BCUT2D eigenvalue weighted by atomic mass is 10.00. The molecule has 1 aliphatic rings. The number of sulfonamides is 1. The van der Waals surface area contributed by atoms with E-state index in [4.69, 9.17) is 0 Å². The summed E-state index contributed by atoms with van der Waals surface area (Å²) in [5, 5.41) is 3.07. The minimum absolute atomic E-state index is 0.169. The zero-order chi connectivity index (χ0) is 14.8. The highest BCUT2D eigenvalue weighted by atomic mass is 79.9. The molecule has 1 aromatic rings. The molecular weight excluding hydrogens is 347 g/mol. The van der Waals surface area contributed by atoms with Crippen LogP contribution in [0.2, 0.25) is 0 Å². The third-order valence-corrected chi connectivity index (χ3v) is 6.00. The molecule has 0 aromatic heterocycles. The zero-order valence-corrected chi connectivity index (χ0v) is 13.7. The summed E-state index contributed by atoms with van der Waals surface area (Å²) in [6, 6.07) is 4.35. The van der Waals surface area contributed by atoms with Crippen molar-refractivity contribution in [2.24, 2.45) is 5.92 Å². The van der Waals surface area contributed by atoms with Crippen molar-refractivity contribution < 1.29 is 12.8 Å². The Morgan fingerprint density at radius 1 is 1.50 bits per heavy atom. The Balaban J connectivity index is 2.28. The van der Waals surface area contributed by atoms with Gasteiger partial charge in [0, 0.05) is 13.1 Å². The second kappa shape index (κ2) is 6.51. The Morgan fingerprint density at radius 3 is 2.95 bits per heavy atom. The highest BCUT2D eigenvalue weighted by Gasteiger charge is 2.32. The predicted molar refractivity (Wildman–Crippen MR) is 79.5 cm³/mol. The lowest BCUT2D eigenvalue weighted by Crippen LogP contribution is -2.42. The molecule has 1 aromatic carbocycles. The quantitative estimate of drug-likeness (QED) is 0.890. The maximum Gasteiger partial charge on any atom is 0.246 e. The normalized spacial score (nSPS) is 21.1. The number of hydrogen-bond donors (Lipinski definition) is 1. The molecule has 0 aliphatic carbocycles. The molecule has 0 bridgehead atoms. The van der Waals surface area contributed by atoms with Crippen LogP contribution in [-0.2, 0) is 10.0 Å².